The highest BCUT2D eigenvalue weighted by Gasteiger charge is 2.29. The van der Waals surface area contributed by atoms with E-state index in [2.05, 4.69) is 49.6 Å². The van der Waals surface area contributed by atoms with Crippen LogP contribution in [-0.4, -0.2) is 16.5 Å². The Balaban J connectivity index is 1.72. The molecule has 1 aromatic rings. The molecule has 29 heavy (non-hydrogen) atoms. The molecule has 2 aliphatic rings. The minimum Gasteiger partial charge on any atom is -0.228 e. The predicted octanol–water partition coefficient (Wildman–Crippen LogP) is 9.37. The van der Waals surface area contributed by atoms with Gasteiger partial charge in [-0.3, -0.25) is 0 Å². The monoisotopic (exact) mass is 549 g/mol. The van der Waals surface area contributed by atoms with Crippen molar-refractivity contribution in [1.29, 1.82) is 0 Å². The molecule has 0 N–H and O–H groups in total. The van der Waals surface area contributed by atoms with Crippen molar-refractivity contribution in [2.45, 2.75) is 33.6 Å². The van der Waals surface area contributed by atoms with Crippen molar-refractivity contribution < 1.29 is 0 Å². The number of halogens is 5. The van der Waals surface area contributed by atoms with E-state index in [0.717, 1.165) is 36.5 Å². The van der Waals surface area contributed by atoms with Crippen LogP contribution in [-0.2, 0) is 0 Å². The van der Waals surface area contributed by atoms with Gasteiger partial charge in [-0.15, -0.1) is 0 Å². The molecule has 2 unspecified atom stereocenters. The number of thiazole rings is 1. The minimum atomic E-state index is -0.766. The van der Waals surface area contributed by atoms with Crippen molar-refractivity contribution in [3.8, 4) is 0 Å². The Labute approximate surface area is 207 Å². The van der Waals surface area contributed by atoms with Crippen LogP contribution < -0.4 is 0 Å². The number of hydrogen-bond acceptors (Lipinski definition) is 2. The smallest absolute Gasteiger partial charge is 0.185 e. The Bertz CT molecular complexity index is 915. The van der Waals surface area contributed by atoms with Crippen LogP contribution in [0.5, 0.6) is 0 Å². The maximum Gasteiger partial charge on any atom is 0.185 e. The molecule has 3 heterocycles. The van der Waals surface area contributed by atoms with Gasteiger partial charge in [-0.1, -0.05) is 97.0 Å². The maximum atomic E-state index is 6.85. The summed E-state index contributed by atoms with van der Waals surface area (Å²) in [6.07, 6.45) is 2.08. The van der Waals surface area contributed by atoms with E-state index in [-0.39, 0.29) is 16.8 Å². The lowest BCUT2D eigenvalue weighted by atomic mass is 10.1. The van der Waals surface area contributed by atoms with Crippen LogP contribution in [0.15, 0.2) is 41.8 Å². The zero-order chi connectivity index (χ0) is 21.5. The van der Waals surface area contributed by atoms with E-state index in [9.17, 15) is 0 Å². The van der Waals surface area contributed by atoms with Crippen molar-refractivity contribution in [2.24, 2.45) is 11.8 Å². The molecule has 0 aliphatic carbocycles. The fourth-order valence-electron chi connectivity index (χ4n) is 3.42. The molecule has 0 radical (unpaired) electrons. The molecule has 0 saturated carbocycles. The molecule has 0 saturated heterocycles. The Morgan fingerprint density at radius 2 is 1.66 bits per heavy atom. The van der Waals surface area contributed by atoms with Gasteiger partial charge in [0, 0.05) is 11.0 Å². The lowest BCUT2D eigenvalue weighted by Gasteiger charge is -2.22. The van der Waals surface area contributed by atoms with Crippen LogP contribution in [0.4, 0.5) is 0 Å². The van der Waals surface area contributed by atoms with Gasteiger partial charge in [-0.2, -0.15) is 10.9 Å². The fourth-order valence-corrected chi connectivity index (χ4v) is 11.6. The van der Waals surface area contributed by atoms with Gasteiger partial charge in [-0.25, -0.2) is 15.9 Å². The first kappa shape index (κ1) is 24.4. The summed E-state index contributed by atoms with van der Waals surface area (Å²) in [5, 5.41) is 5.48. The van der Waals surface area contributed by atoms with Crippen LogP contribution in [0.1, 0.15) is 39.3 Å². The zero-order valence-corrected chi connectivity index (χ0v) is 22.9. The molecule has 9 heteroatoms. The standard InChI is InChI=1S/C20H24Cl5NS3/c1-10(2)14-8-28(9-15(14)21)6-11(3)13-5-16(22)29(19(13)24)7-12(4)17-18(23)27-20(25)26-17/h5,8-12,28-29H,6-7H2,1-4H3/t11-,12-/m1/s1. The van der Waals surface area contributed by atoms with Crippen molar-refractivity contribution >= 4 is 91.1 Å². The summed E-state index contributed by atoms with van der Waals surface area (Å²) < 4.78 is 2.86. The molecule has 3 rings (SSSR count). The first-order chi connectivity index (χ1) is 13.6. The average molecular weight is 552 g/mol. The van der Waals surface area contributed by atoms with E-state index in [1.807, 2.05) is 0 Å². The van der Waals surface area contributed by atoms with Gasteiger partial charge in [0.15, 0.2) is 4.47 Å². The first-order valence-electron chi connectivity index (χ1n) is 9.29. The molecule has 0 spiro atoms. The van der Waals surface area contributed by atoms with Crippen LogP contribution >= 0.6 is 91.1 Å². The second-order valence-corrected chi connectivity index (χ2v) is 15.6. The van der Waals surface area contributed by atoms with Crippen LogP contribution in [0.2, 0.25) is 8.80 Å². The number of nitrogens with zero attached hydrogens (tertiary/aromatic N) is 1. The van der Waals surface area contributed by atoms with E-state index >= 15 is 0 Å². The van der Waals surface area contributed by atoms with Crippen molar-refractivity contribution in [3.05, 3.63) is 56.3 Å². The maximum absolute atomic E-state index is 6.85. The summed E-state index contributed by atoms with van der Waals surface area (Å²) in [5.41, 5.74) is 3.26. The predicted molar refractivity (Wildman–Crippen MR) is 141 cm³/mol. The van der Waals surface area contributed by atoms with Crippen molar-refractivity contribution in [1.82, 2.24) is 4.98 Å². The van der Waals surface area contributed by atoms with E-state index in [4.69, 9.17) is 58.0 Å². The number of rotatable bonds is 7. The average Bonchev–Trinajstić information content (AvgIpc) is 3.25. The van der Waals surface area contributed by atoms with Gasteiger partial charge in [-0.05, 0) is 51.4 Å². The molecule has 1 aromatic heterocycles. The Morgan fingerprint density at radius 3 is 2.21 bits per heavy atom. The molecular weight excluding hydrogens is 528 g/mol. The molecule has 0 fully saturated rings. The summed E-state index contributed by atoms with van der Waals surface area (Å²) in [7, 11) is -1.13. The second kappa shape index (κ2) is 10.1. The van der Waals surface area contributed by atoms with Gasteiger partial charge in [0.25, 0.3) is 0 Å². The van der Waals surface area contributed by atoms with Crippen LogP contribution in [0.3, 0.4) is 0 Å². The van der Waals surface area contributed by atoms with E-state index in [1.165, 1.54) is 16.9 Å². The molecule has 0 aromatic carbocycles. The normalized spacial score (nSPS) is 26.6. The summed E-state index contributed by atoms with van der Waals surface area (Å²) in [5.74, 6) is 2.76. The van der Waals surface area contributed by atoms with Crippen molar-refractivity contribution in [2.75, 3.05) is 11.5 Å². The highest BCUT2D eigenvalue weighted by atomic mass is 35.5. The van der Waals surface area contributed by atoms with Gasteiger partial charge in [0.2, 0.25) is 0 Å². The van der Waals surface area contributed by atoms with E-state index < -0.39 is 10.9 Å². The lowest BCUT2D eigenvalue weighted by molar-refractivity contribution is 0.791. The molecule has 1 nitrogen and oxygen atoms in total. The lowest BCUT2D eigenvalue weighted by Crippen LogP contribution is -2.04. The number of allylic oxidation sites excluding steroid dienone is 4. The summed E-state index contributed by atoms with van der Waals surface area (Å²) >= 11 is 33.5. The highest BCUT2D eigenvalue weighted by Crippen LogP contribution is 2.58. The Morgan fingerprint density at radius 1 is 0.966 bits per heavy atom. The van der Waals surface area contributed by atoms with Gasteiger partial charge in [0.05, 0.1) is 14.4 Å². The Hall–Kier alpha value is 0.740. The van der Waals surface area contributed by atoms with Crippen LogP contribution in [0.25, 0.3) is 0 Å². The third kappa shape index (κ3) is 5.57. The molecule has 0 amide bonds. The quantitative estimate of drug-likeness (QED) is 0.322. The molecule has 0 bridgehead atoms. The third-order valence-corrected chi connectivity index (χ3v) is 12.9. The largest absolute Gasteiger partial charge is 0.228 e. The number of aromatic nitrogens is 1. The summed E-state index contributed by atoms with van der Waals surface area (Å²) in [6.45, 7) is 8.68. The minimum absolute atomic E-state index is 0.139. The SMILES string of the molecule is CC(C)C1=C[SH](C[C@@H](C)C2=C(Cl)[SH](C[C@@H](C)c3nc(Cl)sc3Cl)C(Cl)=C2)C=C1Cl. The van der Waals surface area contributed by atoms with Crippen LogP contribution in [0, 0.1) is 11.8 Å². The highest BCUT2D eigenvalue weighted by molar-refractivity contribution is 8.26. The summed E-state index contributed by atoms with van der Waals surface area (Å²) in [4.78, 5) is 4.37. The molecule has 4 atom stereocenters. The van der Waals surface area contributed by atoms with Gasteiger partial charge >= 0.3 is 0 Å². The molecule has 2 aliphatic heterocycles. The van der Waals surface area contributed by atoms with Gasteiger partial charge < -0.3 is 0 Å². The number of thiol groups is 2. The zero-order valence-electron chi connectivity index (χ0n) is 16.5. The first-order valence-corrected chi connectivity index (χ1v) is 15.2. The third-order valence-electron chi connectivity index (χ3n) is 5.01. The summed E-state index contributed by atoms with van der Waals surface area (Å²) in [6, 6.07) is 0. The number of hydrogen-bond donors (Lipinski definition) is 2. The topological polar surface area (TPSA) is 12.9 Å². The van der Waals surface area contributed by atoms with E-state index in [0.29, 0.717) is 20.6 Å². The Kier molecular flexibility index (Phi) is 8.51. The molecular formula is C20H24Cl5NS3. The molecule has 162 valence electrons. The second-order valence-electron chi connectivity index (χ2n) is 7.66. The van der Waals surface area contributed by atoms with E-state index in [1.54, 1.807) is 0 Å². The fraction of sp³-hybridized carbons (Fsp3) is 0.450. The van der Waals surface area contributed by atoms with Gasteiger partial charge in [0.1, 0.15) is 4.34 Å². The van der Waals surface area contributed by atoms with Crippen molar-refractivity contribution in [3.63, 3.8) is 0 Å².